The molecule has 0 unspecified atom stereocenters. The third kappa shape index (κ3) is 3.89. The Balaban J connectivity index is 2.17. The molecule has 1 aliphatic heterocycles. The lowest BCUT2D eigenvalue weighted by Gasteiger charge is -2.31. The van der Waals surface area contributed by atoms with Crippen LogP contribution in [0.5, 0.6) is 0 Å². The monoisotopic (exact) mass is 324 g/mol. The van der Waals surface area contributed by atoms with Crippen molar-refractivity contribution >= 4 is 35.1 Å². The molecule has 3 nitrogen and oxygen atoms in total. The summed E-state index contributed by atoms with van der Waals surface area (Å²) >= 11 is 3.91. The van der Waals surface area contributed by atoms with Crippen LogP contribution in [0, 0.1) is 0 Å². The molecule has 2 N–H and O–H groups in total. The van der Waals surface area contributed by atoms with E-state index in [0.717, 1.165) is 30.9 Å². The van der Waals surface area contributed by atoms with E-state index in [1.807, 2.05) is 46.6 Å². The molecule has 1 saturated heterocycles. The van der Waals surface area contributed by atoms with Gasteiger partial charge in [-0.15, -0.1) is 23.5 Å². The number of benzene rings is 1. The summed E-state index contributed by atoms with van der Waals surface area (Å²) in [6.07, 6.45) is 2.19. The van der Waals surface area contributed by atoms with Gasteiger partial charge in [-0.25, -0.2) is 0 Å². The van der Waals surface area contributed by atoms with Crippen LogP contribution in [0.1, 0.15) is 37.0 Å². The van der Waals surface area contributed by atoms with E-state index in [9.17, 15) is 4.79 Å². The molecule has 0 bridgehead atoms. The predicted octanol–water partition coefficient (Wildman–Crippen LogP) is 3.71. The van der Waals surface area contributed by atoms with Crippen molar-refractivity contribution in [3.8, 4) is 0 Å². The highest BCUT2D eigenvalue weighted by Crippen LogP contribution is 2.35. The van der Waals surface area contributed by atoms with Crippen LogP contribution in [-0.4, -0.2) is 39.5 Å². The molecule has 0 spiro atoms. The number of likely N-dealkylation sites (tertiary alicyclic amines) is 1. The Kier molecular flexibility index (Phi) is 6.30. The standard InChI is InChI=1S/C16H24N2OS2/c1-3-20-16(21-4-2)14-10-7-11-18(14)15(19)12-8-5-6-9-13(12)17/h5-6,8-9,14,16H,3-4,7,10-11,17H2,1-2H3/t14-/m0/s1. The Labute approximate surface area is 136 Å². The van der Waals surface area contributed by atoms with Gasteiger partial charge in [0.1, 0.15) is 0 Å². The molecule has 1 amide bonds. The highest BCUT2D eigenvalue weighted by atomic mass is 32.2. The van der Waals surface area contributed by atoms with E-state index in [1.54, 1.807) is 6.07 Å². The third-order valence-corrected chi connectivity index (χ3v) is 6.50. The van der Waals surface area contributed by atoms with Crippen molar-refractivity contribution < 1.29 is 4.79 Å². The Morgan fingerprint density at radius 3 is 2.62 bits per heavy atom. The van der Waals surface area contributed by atoms with Gasteiger partial charge < -0.3 is 10.6 Å². The number of hydrogen-bond acceptors (Lipinski definition) is 4. The fourth-order valence-electron chi connectivity index (χ4n) is 2.77. The summed E-state index contributed by atoms with van der Waals surface area (Å²) in [4.78, 5) is 14.9. The van der Waals surface area contributed by atoms with E-state index >= 15 is 0 Å². The molecule has 5 heteroatoms. The summed E-state index contributed by atoms with van der Waals surface area (Å²) in [6.45, 7) is 5.22. The van der Waals surface area contributed by atoms with Crippen molar-refractivity contribution in [2.75, 3.05) is 23.8 Å². The number of nitrogen functional groups attached to an aromatic ring is 1. The second kappa shape index (κ2) is 7.99. The third-order valence-electron chi connectivity index (χ3n) is 3.73. The van der Waals surface area contributed by atoms with Crippen LogP contribution in [0.4, 0.5) is 5.69 Å². The Bertz CT molecular complexity index is 475. The number of nitrogens with zero attached hydrogens (tertiary/aromatic N) is 1. The fraction of sp³-hybridized carbons (Fsp3) is 0.562. The van der Waals surface area contributed by atoms with Gasteiger partial charge in [0.05, 0.1) is 16.2 Å². The normalized spacial score (nSPS) is 18.4. The molecule has 0 saturated carbocycles. The van der Waals surface area contributed by atoms with E-state index < -0.39 is 0 Å². The maximum absolute atomic E-state index is 12.8. The summed E-state index contributed by atoms with van der Waals surface area (Å²) < 4.78 is 0.469. The van der Waals surface area contributed by atoms with Gasteiger partial charge in [0.15, 0.2) is 0 Å². The molecule has 0 radical (unpaired) electrons. The van der Waals surface area contributed by atoms with Gasteiger partial charge in [-0.3, -0.25) is 4.79 Å². The van der Waals surface area contributed by atoms with Gasteiger partial charge in [0, 0.05) is 12.2 Å². The predicted molar refractivity (Wildman–Crippen MR) is 95.0 cm³/mol. The van der Waals surface area contributed by atoms with E-state index in [-0.39, 0.29) is 5.91 Å². The highest BCUT2D eigenvalue weighted by Gasteiger charge is 2.35. The Morgan fingerprint density at radius 1 is 1.33 bits per heavy atom. The topological polar surface area (TPSA) is 46.3 Å². The van der Waals surface area contributed by atoms with Crippen LogP contribution in [0.2, 0.25) is 0 Å². The van der Waals surface area contributed by atoms with Gasteiger partial charge in [-0.05, 0) is 36.5 Å². The molecular weight excluding hydrogens is 300 g/mol. The zero-order valence-corrected chi connectivity index (χ0v) is 14.4. The van der Waals surface area contributed by atoms with Crippen LogP contribution in [0.25, 0.3) is 0 Å². The minimum absolute atomic E-state index is 0.0917. The second-order valence-electron chi connectivity index (χ2n) is 5.07. The minimum atomic E-state index is 0.0917. The summed E-state index contributed by atoms with van der Waals surface area (Å²) in [6, 6.07) is 7.72. The minimum Gasteiger partial charge on any atom is -0.398 e. The number of carbonyl (C=O) groups is 1. The quantitative estimate of drug-likeness (QED) is 0.640. The average molecular weight is 325 g/mol. The molecule has 0 aromatic heterocycles. The molecular formula is C16H24N2OS2. The molecule has 1 fully saturated rings. The molecule has 2 rings (SSSR count). The van der Waals surface area contributed by atoms with Crippen LogP contribution in [0.15, 0.2) is 24.3 Å². The zero-order chi connectivity index (χ0) is 15.2. The second-order valence-corrected chi connectivity index (χ2v) is 8.21. The van der Waals surface area contributed by atoms with Crippen LogP contribution in [0.3, 0.4) is 0 Å². The first kappa shape index (κ1) is 16.6. The number of anilines is 1. The fourth-order valence-corrected chi connectivity index (χ4v) is 5.64. The highest BCUT2D eigenvalue weighted by molar-refractivity contribution is 8.17. The Hall–Kier alpha value is -0.810. The summed E-state index contributed by atoms with van der Waals surface area (Å²) in [5, 5.41) is 0. The summed E-state index contributed by atoms with van der Waals surface area (Å²) in [5.74, 6) is 2.27. The lowest BCUT2D eigenvalue weighted by atomic mass is 10.1. The van der Waals surface area contributed by atoms with Crippen molar-refractivity contribution in [1.82, 2.24) is 4.90 Å². The maximum Gasteiger partial charge on any atom is 0.256 e. The van der Waals surface area contributed by atoms with Crippen molar-refractivity contribution in [1.29, 1.82) is 0 Å². The number of amides is 1. The van der Waals surface area contributed by atoms with E-state index in [1.165, 1.54) is 0 Å². The van der Waals surface area contributed by atoms with Crippen molar-refractivity contribution in [3.05, 3.63) is 29.8 Å². The SMILES string of the molecule is CCSC(SCC)[C@@H]1CCCN1C(=O)c1ccccc1N. The molecule has 21 heavy (non-hydrogen) atoms. The smallest absolute Gasteiger partial charge is 0.256 e. The van der Waals surface area contributed by atoms with E-state index in [0.29, 0.717) is 21.9 Å². The number of thioether (sulfide) groups is 2. The van der Waals surface area contributed by atoms with Crippen molar-refractivity contribution in [3.63, 3.8) is 0 Å². The molecule has 1 aromatic rings. The largest absolute Gasteiger partial charge is 0.398 e. The van der Waals surface area contributed by atoms with Crippen molar-refractivity contribution in [2.45, 2.75) is 37.3 Å². The van der Waals surface area contributed by atoms with Gasteiger partial charge in [0.25, 0.3) is 5.91 Å². The number of nitrogens with two attached hydrogens (primary N) is 1. The number of rotatable bonds is 6. The summed E-state index contributed by atoms with van der Waals surface area (Å²) in [7, 11) is 0. The molecule has 1 aliphatic rings. The maximum atomic E-state index is 12.8. The van der Waals surface area contributed by atoms with Crippen molar-refractivity contribution in [2.24, 2.45) is 0 Å². The number of carbonyl (C=O) groups excluding carboxylic acids is 1. The first-order valence-corrected chi connectivity index (χ1v) is 9.67. The first-order chi connectivity index (χ1) is 10.2. The van der Waals surface area contributed by atoms with Gasteiger partial charge >= 0.3 is 0 Å². The average Bonchev–Trinajstić information content (AvgIpc) is 2.96. The van der Waals surface area contributed by atoms with Crippen LogP contribution in [-0.2, 0) is 0 Å². The van der Waals surface area contributed by atoms with E-state index in [4.69, 9.17) is 5.73 Å². The van der Waals surface area contributed by atoms with Gasteiger partial charge in [-0.2, -0.15) is 0 Å². The summed E-state index contributed by atoms with van der Waals surface area (Å²) in [5.41, 5.74) is 7.19. The van der Waals surface area contributed by atoms with E-state index in [2.05, 4.69) is 13.8 Å². The molecule has 0 aliphatic carbocycles. The molecule has 1 atom stereocenters. The van der Waals surface area contributed by atoms with Crippen LogP contribution < -0.4 is 5.73 Å². The Morgan fingerprint density at radius 2 is 2.00 bits per heavy atom. The zero-order valence-electron chi connectivity index (χ0n) is 12.7. The lowest BCUT2D eigenvalue weighted by Crippen LogP contribution is -2.41. The van der Waals surface area contributed by atoms with Gasteiger partial charge in [-0.1, -0.05) is 26.0 Å². The number of hydrogen-bond donors (Lipinski definition) is 1. The van der Waals surface area contributed by atoms with Gasteiger partial charge in [0.2, 0.25) is 0 Å². The molecule has 1 aromatic carbocycles. The molecule has 1 heterocycles. The lowest BCUT2D eigenvalue weighted by molar-refractivity contribution is 0.0747. The molecule has 116 valence electrons. The number of para-hydroxylation sites is 1. The first-order valence-electron chi connectivity index (χ1n) is 7.57. The van der Waals surface area contributed by atoms with Crippen LogP contribution >= 0.6 is 23.5 Å².